The second kappa shape index (κ2) is 7.33. The molecule has 1 unspecified atom stereocenters. The van der Waals surface area contributed by atoms with Crippen LogP contribution in [0.2, 0.25) is 0 Å². The van der Waals surface area contributed by atoms with Gasteiger partial charge in [0.2, 0.25) is 0 Å². The van der Waals surface area contributed by atoms with Gasteiger partial charge in [0, 0.05) is 12.5 Å². The number of amides is 2. The molecule has 3 rings (SSSR count). The number of rotatable bonds is 4. The zero-order valence-electron chi connectivity index (χ0n) is 13.1. The molecular formula is C18H15Cl2NO4. The Morgan fingerprint density at radius 3 is 1.68 bits per heavy atom. The first-order chi connectivity index (χ1) is 12.0. The molecule has 1 fully saturated rings. The Morgan fingerprint density at radius 2 is 1.32 bits per heavy atom. The Balaban J connectivity index is 1.72. The molecule has 0 aliphatic heterocycles. The van der Waals surface area contributed by atoms with Gasteiger partial charge >= 0.3 is 12.2 Å². The van der Waals surface area contributed by atoms with E-state index in [1.54, 1.807) is 60.7 Å². The number of alkyl halides is 2. The lowest BCUT2D eigenvalue weighted by atomic mass is 10.3. The number of halogens is 2. The molecule has 2 amide bonds. The van der Waals surface area contributed by atoms with Gasteiger partial charge in [0.05, 0.1) is 0 Å². The fraction of sp³-hybridized carbons (Fsp3) is 0.222. The van der Waals surface area contributed by atoms with Gasteiger partial charge in [0.1, 0.15) is 15.8 Å². The van der Waals surface area contributed by atoms with E-state index in [4.69, 9.17) is 32.7 Å². The topological polar surface area (TPSA) is 55.8 Å². The van der Waals surface area contributed by atoms with Crippen LogP contribution in [0.5, 0.6) is 11.5 Å². The number of hydrogen-bond acceptors (Lipinski definition) is 4. The Kier molecular flexibility index (Phi) is 5.16. The minimum absolute atomic E-state index is 0.0182. The molecule has 0 bridgehead atoms. The van der Waals surface area contributed by atoms with Crippen molar-refractivity contribution in [3.05, 3.63) is 60.7 Å². The highest BCUT2D eigenvalue weighted by Crippen LogP contribution is 2.53. The Labute approximate surface area is 155 Å². The highest BCUT2D eigenvalue weighted by atomic mass is 35.5. The third-order valence-electron chi connectivity index (χ3n) is 3.70. The van der Waals surface area contributed by atoms with E-state index in [1.165, 1.54) is 0 Å². The van der Waals surface area contributed by atoms with Gasteiger partial charge in [-0.05, 0) is 30.7 Å². The summed E-state index contributed by atoms with van der Waals surface area (Å²) < 4.78 is 9.53. The molecule has 0 heterocycles. The van der Waals surface area contributed by atoms with Crippen molar-refractivity contribution in [2.45, 2.75) is 10.8 Å². The van der Waals surface area contributed by atoms with Crippen molar-refractivity contribution in [2.75, 3.05) is 6.54 Å². The van der Waals surface area contributed by atoms with Crippen LogP contribution in [0.1, 0.15) is 6.42 Å². The summed E-state index contributed by atoms with van der Waals surface area (Å²) in [6.07, 6.45) is -1.20. The Hall–Kier alpha value is -2.24. The van der Waals surface area contributed by atoms with E-state index in [-0.39, 0.29) is 12.5 Å². The van der Waals surface area contributed by atoms with Gasteiger partial charge in [-0.2, -0.15) is 0 Å². The molecule has 1 aliphatic carbocycles. The second-order valence-electron chi connectivity index (χ2n) is 5.63. The van der Waals surface area contributed by atoms with Crippen molar-refractivity contribution < 1.29 is 19.1 Å². The van der Waals surface area contributed by atoms with Crippen molar-refractivity contribution in [3.63, 3.8) is 0 Å². The summed E-state index contributed by atoms with van der Waals surface area (Å²) in [4.78, 5) is 25.7. The molecule has 1 atom stereocenters. The number of hydrogen-bond donors (Lipinski definition) is 0. The molecule has 130 valence electrons. The summed E-state index contributed by atoms with van der Waals surface area (Å²) >= 11 is 12.0. The summed E-state index contributed by atoms with van der Waals surface area (Å²) in [6, 6.07) is 16.9. The third-order valence-corrected chi connectivity index (χ3v) is 4.62. The van der Waals surface area contributed by atoms with Crippen LogP contribution in [-0.2, 0) is 0 Å². The van der Waals surface area contributed by atoms with Gasteiger partial charge in [-0.15, -0.1) is 23.2 Å². The largest absolute Gasteiger partial charge is 0.424 e. The Bertz CT molecular complexity index is 699. The van der Waals surface area contributed by atoms with E-state index < -0.39 is 16.5 Å². The molecule has 7 heteroatoms. The molecule has 1 saturated carbocycles. The van der Waals surface area contributed by atoms with Crippen LogP contribution in [0.15, 0.2) is 60.7 Å². The summed E-state index contributed by atoms with van der Waals surface area (Å²) in [5.41, 5.74) is 0. The SMILES string of the molecule is O=C(Oc1ccccc1)N(CC1CC1(Cl)Cl)C(=O)Oc1ccccc1. The standard InChI is InChI=1S/C18H15Cl2NO4/c19-18(20)11-13(18)12-21(16(22)24-14-7-3-1-4-8-14)17(23)25-15-9-5-2-6-10-15/h1-10,13H,11-12H2. The quantitative estimate of drug-likeness (QED) is 0.710. The first kappa shape index (κ1) is 17.6. The Morgan fingerprint density at radius 1 is 0.920 bits per heavy atom. The predicted octanol–water partition coefficient (Wildman–Crippen LogP) is 4.88. The van der Waals surface area contributed by atoms with E-state index in [0.717, 1.165) is 4.90 Å². The summed E-state index contributed by atoms with van der Waals surface area (Å²) in [5.74, 6) is 0.426. The molecular weight excluding hydrogens is 365 g/mol. The smallest absolute Gasteiger partial charge is 0.410 e. The van der Waals surface area contributed by atoms with Crippen LogP contribution < -0.4 is 9.47 Å². The van der Waals surface area contributed by atoms with Crippen LogP contribution in [0.25, 0.3) is 0 Å². The highest BCUT2D eigenvalue weighted by molar-refractivity contribution is 6.50. The number of benzene rings is 2. The van der Waals surface area contributed by atoms with Crippen LogP contribution in [0.4, 0.5) is 9.59 Å². The number of ether oxygens (including phenoxy) is 2. The average Bonchev–Trinajstić information content (AvgIpc) is 3.20. The van der Waals surface area contributed by atoms with E-state index >= 15 is 0 Å². The number of nitrogens with zero attached hydrogens (tertiary/aromatic N) is 1. The number of carbonyl (C=O) groups excluding carboxylic acids is 2. The first-order valence-electron chi connectivity index (χ1n) is 7.65. The lowest BCUT2D eigenvalue weighted by molar-refractivity contribution is 0.129. The molecule has 0 N–H and O–H groups in total. The molecule has 0 radical (unpaired) electrons. The molecule has 0 saturated heterocycles. The first-order valence-corrected chi connectivity index (χ1v) is 8.40. The number of imide groups is 1. The van der Waals surface area contributed by atoms with Gasteiger partial charge in [0.15, 0.2) is 0 Å². The van der Waals surface area contributed by atoms with Crippen molar-refractivity contribution in [2.24, 2.45) is 5.92 Å². The fourth-order valence-electron chi connectivity index (χ4n) is 2.20. The van der Waals surface area contributed by atoms with Crippen molar-refractivity contribution >= 4 is 35.4 Å². The zero-order chi connectivity index (χ0) is 17.9. The summed E-state index contributed by atoms with van der Waals surface area (Å²) in [5, 5.41) is 0. The monoisotopic (exact) mass is 379 g/mol. The molecule has 2 aromatic rings. The van der Waals surface area contributed by atoms with Gasteiger partial charge in [0.25, 0.3) is 0 Å². The van der Waals surface area contributed by atoms with Crippen molar-refractivity contribution in [1.82, 2.24) is 4.90 Å². The lowest BCUT2D eigenvalue weighted by Crippen LogP contribution is -2.42. The van der Waals surface area contributed by atoms with E-state index in [0.29, 0.717) is 17.9 Å². The highest BCUT2D eigenvalue weighted by Gasteiger charge is 2.53. The van der Waals surface area contributed by atoms with E-state index in [2.05, 4.69) is 0 Å². The molecule has 5 nitrogen and oxygen atoms in total. The van der Waals surface area contributed by atoms with Gasteiger partial charge in [-0.25, -0.2) is 14.5 Å². The molecule has 0 spiro atoms. The van der Waals surface area contributed by atoms with E-state index in [1.807, 2.05) is 0 Å². The predicted molar refractivity (Wildman–Crippen MR) is 94.2 cm³/mol. The molecule has 0 aromatic heterocycles. The number of para-hydroxylation sites is 2. The van der Waals surface area contributed by atoms with Crippen molar-refractivity contribution in [3.8, 4) is 11.5 Å². The molecule has 2 aromatic carbocycles. The van der Waals surface area contributed by atoms with Crippen LogP contribution in [-0.4, -0.2) is 28.0 Å². The molecule has 1 aliphatic rings. The van der Waals surface area contributed by atoms with Gasteiger partial charge < -0.3 is 9.47 Å². The summed E-state index contributed by atoms with van der Waals surface area (Å²) in [7, 11) is 0. The van der Waals surface area contributed by atoms with Gasteiger partial charge in [-0.3, -0.25) is 0 Å². The summed E-state index contributed by atoms with van der Waals surface area (Å²) in [6.45, 7) is 0.0182. The molecule has 25 heavy (non-hydrogen) atoms. The van der Waals surface area contributed by atoms with Crippen LogP contribution >= 0.6 is 23.2 Å². The second-order valence-corrected chi connectivity index (χ2v) is 7.18. The van der Waals surface area contributed by atoms with Crippen molar-refractivity contribution in [1.29, 1.82) is 0 Å². The van der Waals surface area contributed by atoms with Gasteiger partial charge in [-0.1, -0.05) is 36.4 Å². The maximum Gasteiger partial charge on any atom is 0.424 e. The minimum Gasteiger partial charge on any atom is -0.410 e. The van der Waals surface area contributed by atoms with Crippen LogP contribution in [0, 0.1) is 5.92 Å². The number of carbonyl (C=O) groups is 2. The normalized spacial score (nSPS) is 17.4. The lowest BCUT2D eigenvalue weighted by Gasteiger charge is -2.20. The fourth-order valence-corrected chi connectivity index (χ4v) is 2.71. The third kappa shape index (κ3) is 4.65. The van der Waals surface area contributed by atoms with E-state index in [9.17, 15) is 9.59 Å². The maximum atomic E-state index is 12.4. The maximum absolute atomic E-state index is 12.4. The van der Waals surface area contributed by atoms with Crippen LogP contribution in [0.3, 0.4) is 0 Å². The average molecular weight is 380 g/mol. The minimum atomic E-state index is -0.932. The zero-order valence-corrected chi connectivity index (χ0v) is 14.6.